The van der Waals surface area contributed by atoms with Gasteiger partial charge in [-0.1, -0.05) is 12.1 Å². The number of aromatic nitrogens is 1. The number of hydrogen-bond acceptors (Lipinski definition) is 5. The summed E-state index contributed by atoms with van der Waals surface area (Å²) in [4.78, 5) is 27.8. The standard InChI is InChI=1S/C22H20FN3O3S/c1-25(2)9-10-26-21(29)18(11-13-3-6-15(27)7-4-13)30-22(26)19-16-12-14(23)5-8-17(16)24-20(19)28/h3-8,11-12,27H,9-10H2,1-2H3,(H,24,28)/b18-11-,22-19+. The third-order valence-corrected chi connectivity index (χ3v) is 5.94. The summed E-state index contributed by atoms with van der Waals surface area (Å²) < 4.78 is 16.4. The molecule has 0 bridgehead atoms. The molecule has 0 fully saturated rings. The Morgan fingerprint density at radius 2 is 1.90 bits per heavy atom. The summed E-state index contributed by atoms with van der Waals surface area (Å²) in [7, 11) is 3.81. The van der Waals surface area contributed by atoms with Crippen molar-refractivity contribution in [3.63, 3.8) is 0 Å². The zero-order chi connectivity index (χ0) is 21.4. The van der Waals surface area contributed by atoms with Crippen LogP contribution < -0.4 is 20.1 Å². The zero-order valence-corrected chi connectivity index (χ0v) is 17.3. The van der Waals surface area contributed by atoms with Gasteiger partial charge < -0.3 is 15.3 Å². The maximum atomic E-state index is 13.9. The molecule has 1 aliphatic rings. The molecule has 0 saturated carbocycles. The lowest BCUT2D eigenvalue weighted by molar-refractivity contribution is -0.110. The maximum Gasteiger partial charge on any atom is 0.269 e. The molecule has 0 spiro atoms. The number of nitrogens with one attached hydrogen (secondary N) is 1. The van der Waals surface area contributed by atoms with Gasteiger partial charge in [0.15, 0.2) is 0 Å². The first kappa shape index (κ1) is 20.1. The van der Waals surface area contributed by atoms with Gasteiger partial charge in [-0.05, 0) is 56.1 Å². The highest BCUT2D eigenvalue weighted by atomic mass is 32.1. The fourth-order valence-corrected chi connectivity index (χ4v) is 4.47. The Kier molecular flexibility index (Phi) is 5.27. The Morgan fingerprint density at radius 3 is 2.60 bits per heavy atom. The van der Waals surface area contributed by atoms with Crippen LogP contribution in [0.4, 0.5) is 10.1 Å². The summed E-state index contributed by atoms with van der Waals surface area (Å²) in [6.07, 6.45) is 1.72. The van der Waals surface area contributed by atoms with Gasteiger partial charge in [0.05, 0.1) is 10.1 Å². The number of fused-ring (bicyclic) bond motifs is 1. The van der Waals surface area contributed by atoms with Crippen molar-refractivity contribution in [2.24, 2.45) is 0 Å². The molecule has 6 nitrogen and oxygen atoms in total. The van der Waals surface area contributed by atoms with Gasteiger partial charge in [-0.15, -0.1) is 11.3 Å². The first-order chi connectivity index (χ1) is 14.3. The highest BCUT2D eigenvalue weighted by molar-refractivity contribution is 7.07. The van der Waals surface area contributed by atoms with Crippen LogP contribution in [0.15, 0.2) is 47.3 Å². The maximum absolute atomic E-state index is 13.9. The quantitative estimate of drug-likeness (QED) is 0.661. The molecular weight excluding hydrogens is 405 g/mol. The largest absolute Gasteiger partial charge is 0.508 e. The molecule has 0 saturated heterocycles. The van der Waals surface area contributed by atoms with Crippen LogP contribution in [-0.4, -0.2) is 41.1 Å². The van der Waals surface area contributed by atoms with E-state index in [1.807, 2.05) is 19.0 Å². The fourth-order valence-electron chi connectivity index (χ4n) is 3.28. The van der Waals surface area contributed by atoms with E-state index in [1.165, 1.54) is 29.5 Å². The number of anilines is 1. The number of carbonyl (C=O) groups is 1. The normalized spacial score (nSPS) is 15.6. The molecule has 154 valence electrons. The number of hydrogen-bond donors (Lipinski definition) is 2. The van der Waals surface area contributed by atoms with Crippen molar-refractivity contribution in [1.82, 2.24) is 9.47 Å². The number of likely N-dealkylation sites (N-methyl/N-ethyl adjacent to an activating group) is 1. The topological polar surface area (TPSA) is 74.6 Å². The molecule has 1 amide bonds. The number of amides is 1. The van der Waals surface area contributed by atoms with Crippen LogP contribution >= 0.6 is 11.3 Å². The number of thiazole rings is 1. The highest BCUT2D eigenvalue weighted by Crippen LogP contribution is 2.30. The fraction of sp³-hybridized carbons (Fsp3) is 0.182. The first-order valence-electron chi connectivity index (χ1n) is 9.34. The minimum absolute atomic E-state index is 0.138. The molecule has 3 aromatic rings. The first-order valence-corrected chi connectivity index (χ1v) is 10.2. The third-order valence-electron chi connectivity index (χ3n) is 4.81. The minimum Gasteiger partial charge on any atom is -0.508 e. The van der Waals surface area contributed by atoms with Crippen molar-refractivity contribution in [1.29, 1.82) is 0 Å². The van der Waals surface area contributed by atoms with Crippen molar-refractivity contribution in [2.75, 3.05) is 26.0 Å². The van der Waals surface area contributed by atoms with E-state index in [0.29, 0.717) is 39.1 Å². The molecule has 30 heavy (non-hydrogen) atoms. The molecule has 1 aromatic heterocycles. The van der Waals surface area contributed by atoms with E-state index in [9.17, 15) is 19.1 Å². The van der Waals surface area contributed by atoms with Gasteiger partial charge in [-0.2, -0.15) is 0 Å². The number of phenolic OH excluding ortho intramolecular Hbond substituents is 1. The second kappa shape index (κ2) is 7.89. The van der Waals surface area contributed by atoms with Crippen LogP contribution in [0.25, 0.3) is 11.6 Å². The Balaban J connectivity index is 1.99. The Morgan fingerprint density at radius 1 is 1.17 bits per heavy atom. The van der Waals surface area contributed by atoms with Crippen LogP contribution in [0, 0.1) is 5.82 Å². The van der Waals surface area contributed by atoms with Crippen molar-refractivity contribution in [2.45, 2.75) is 6.54 Å². The van der Waals surface area contributed by atoms with E-state index >= 15 is 0 Å². The molecule has 4 rings (SSSR count). The summed E-state index contributed by atoms with van der Waals surface area (Å²) in [5.74, 6) is -0.664. The van der Waals surface area contributed by atoms with Gasteiger partial charge in [-0.25, -0.2) is 4.39 Å². The van der Waals surface area contributed by atoms with Gasteiger partial charge in [0, 0.05) is 24.3 Å². The lowest BCUT2D eigenvalue weighted by Crippen LogP contribution is -2.36. The molecule has 0 unspecified atom stereocenters. The van der Waals surface area contributed by atoms with Gasteiger partial charge in [0.2, 0.25) is 0 Å². The summed E-state index contributed by atoms with van der Waals surface area (Å²) in [6, 6.07) is 10.6. The molecular formula is C22H20FN3O3S. The number of halogens is 1. The van der Waals surface area contributed by atoms with Gasteiger partial charge in [0.1, 0.15) is 16.2 Å². The predicted octanol–water partition coefficient (Wildman–Crippen LogP) is 1.30. The lowest BCUT2D eigenvalue weighted by atomic mass is 10.1. The van der Waals surface area contributed by atoms with Crippen molar-refractivity contribution in [3.8, 4) is 5.75 Å². The Labute approximate surface area is 175 Å². The average molecular weight is 425 g/mol. The third kappa shape index (κ3) is 3.79. The molecule has 1 aliphatic heterocycles. The highest BCUT2D eigenvalue weighted by Gasteiger charge is 2.27. The van der Waals surface area contributed by atoms with E-state index in [2.05, 4.69) is 5.32 Å². The molecule has 0 aliphatic carbocycles. The molecule has 2 aromatic carbocycles. The van der Waals surface area contributed by atoms with Crippen LogP contribution in [0.1, 0.15) is 11.1 Å². The van der Waals surface area contributed by atoms with Crippen molar-refractivity contribution >= 4 is 34.6 Å². The predicted molar refractivity (Wildman–Crippen MR) is 116 cm³/mol. The van der Waals surface area contributed by atoms with Gasteiger partial charge >= 0.3 is 0 Å². The van der Waals surface area contributed by atoms with E-state index in [4.69, 9.17) is 0 Å². The van der Waals surface area contributed by atoms with E-state index in [-0.39, 0.29) is 17.2 Å². The molecule has 0 radical (unpaired) electrons. The summed E-state index contributed by atoms with van der Waals surface area (Å²) in [5, 5.41) is 12.2. The Bertz CT molecular complexity index is 1310. The number of benzene rings is 2. The van der Waals surface area contributed by atoms with Crippen molar-refractivity contribution in [3.05, 3.63) is 79.0 Å². The molecule has 2 N–H and O–H groups in total. The number of phenols is 1. The summed E-state index contributed by atoms with van der Waals surface area (Å²) in [5.41, 5.74) is 1.83. The number of aromatic hydroxyl groups is 1. The summed E-state index contributed by atoms with van der Waals surface area (Å²) >= 11 is 1.20. The zero-order valence-electron chi connectivity index (χ0n) is 16.5. The molecule has 2 heterocycles. The lowest BCUT2D eigenvalue weighted by Gasteiger charge is -2.10. The average Bonchev–Trinajstić information content (AvgIpc) is 3.17. The molecule has 8 heteroatoms. The molecule has 0 atom stereocenters. The van der Waals surface area contributed by atoms with Crippen LogP contribution in [0.5, 0.6) is 5.75 Å². The van der Waals surface area contributed by atoms with E-state index < -0.39 is 5.82 Å². The number of nitrogens with zero attached hydrogens (tertiary/aromatic N) is 2. The number of rotatable bonds is 4. The monoisotopic (exact) mass is 425 g/mol. The van der Waals surface area contributed by atoms with Gasteiger partial charge in [-0.3, -0.25) is 14.2 Å². The smallest absolute Gasteiger partial charge is 0.269 e. The van der Waals surface area contributed by atoms with Crippen LogP contribution in [0.3, 0.4) is 0 Å². The van der Waals surface area contributed by atoms with E-state index in [1.54, 1.807) is 34.9 Å². The van der Waals surface area contributed by atoms with Crippen LogP contribution in [-0.2, 0) is 11.3 Å². The minimum atomic E-state index is -0.447. The SMILES string of the molecule is CN(C)CCn1c(=O)/c(=C/c2ccc(O)cc2)s/c1=C1/C(=O)Nc2ccc(F)cc21. The van der Waals surface area contributed by atoms with Gasteiger partial charge in [0.25, 0.3) is 11.5 Å². The van der Waals surface area contributed by atoms with Crippen LogP contribution in [0.2, 0.25) is 0 Å². The summed E-state index contributed by atoms with van der Waals surface area (Å²) in [6.45, 7) is 0.996. The van der Waals surface area contributed by atoms with Crippen molar-refractivity contribution < 1.29 is 14.3 Å². The Hall–Kier alpha value is -3.23. The second-order valence-electron chi connectivity index (χ2n) is 7.29. The second-order valence-corrected chi connectivity index (χ2v) is 8.32. The van der Waals surface area contributed by atoms with E-state index in [0.717, 1.165) is 5.56 Å². The number of carbonyl (C=O) groups excluding carboxylic acids is 1.